The van der Waals surface area contributed by atoms with Gasteiger partial charge in [-0.25, -0.2) is 0 Å². The topological polar surface area (TPSA) is 49.8 Å². The molecule has 0 bridgehead atoms. The Hall–Kier alpha value is -1.68. The van der Waals surface area contributed by atoms with E-state index in [1.807, 2.05) is 19.1 Å². The van der Waals surface area contributed by atoms with E-state index in [-0.39, 0.29) is 0 Å². The summed E-state index contributed by atoms with van der Waals surface area (Å²) in [6.07, 6.45) is 5.54. The molecule has 1 aliphatic heterocycles. The predicted molar refractivity (Wildman–Crippen MR) is 90.8 cm³/mol. The van der Waals surface area contributed by atoms with Crippen LogP contribution < -0.4 is 10.6 Å². The third-order valence-electron chi connectivity index (χ3n) is 3.61. The maximum absolute atomic E-state index is 6.09. The molecule has 8 heteroatoms. The number of hydrogen-bond donors (Lipinski definition) is 2. The molecule has 0 aliphatic carbocycles. The summed E-state index contributed by atoms with van der Waals surface area (Å²) in [5, 5.41) is 3.58. The molecule has 0 aromatic carbocycles. The molecule has 2 aromatic rings. The first-order valence-corrected chi connectivity index (χ1v) is 6.89. The molecule has 0 fully saturated rings. The molecule has 0 atom stereocenters. The van der Waals surface area contributed by atoms with Crippen LogP contribution in [-0.4, -0.2) is 46.7 Å². The van der Waals surface area contributed by atoms with E-state index in [0.29, 0.717) is 17.7 Å². The van der Waals surface area contributed by atoms with Crippen LogP contribution in [0.5, 0.6) is 0 Å². The van der Waals surface area contributed by atoms with Crippen molar-refractivity contribution in [2.75, 3.05) is 5.32 Å². The number of pyridine rings is 2. The van der Waals surface area contributed by atoms with Gasteiger partial charge >= 0.3 is 0 Å². The van der Waals surface area contributed by atoms with Crippen LogP contribution >= 0.6 is 0 Å². The number of rotatable bonds is 2. The highest BCUT2D eigenvalue weighted by Gasteiger charge is 2.35. The van der Waals surface area contributed by atoms with E-state index in [0.717, 1.165) is 16.9 Å². The molecule has 1 aliphatic rings. The maximum atomic E-state index is 6.09. The van der Waals surface area contributed by atoms with Crippen LogP contribution in [0, 0.1) is 6.92 Å². The second-order valence-corrected chi connectivity index (χ2v) is 5.75. The summed E-state index contributed by atoms with van der Waals surface area (Å²) in [7, 11) is 24.0. The number of fused-ring (bicyclic) bond motifs is 1. The van der Waals surface area contributed by atoms with Gasteiger partial charge in [-0.1, -0.05) is 5.34 Å². The largest absolute Gasteiger partial charge is 0.354 e. The number of hydrogen-bond acceptors (Lipinski definition) is 4. The zero-order chi connectivity index (χ0) is 16.0. The highest BCUT2D eigenvalue weighted by atomic mass is 15.0. The van der Waals surface area contributed by atoms with Crippen molar-refractivity contribution in [3.05, 3.63) is 47.5 Å². The van der Waals surface area contributed by atoms with Crippen LogP contribution in [-0.2, 0) is 11.8 Å². The third kappa shape index (κ3) is 2.93. The van der Waals surface area contributed by atoms with Gasteiger partial charge < -0.3 is 10.6 Å². The lowest BCUT2D eigenvalue weighted by Crippen LogP contribution is -2.63. The molecule has 0 spiro atoms. The van der Waals surface area contributed by atoms with Crippen LogP contribution in [0.25, 0.3) is 0 Å². The van der Waals surface area contributed by atoms with Gasteiger partial charge in [-0.15, -0.1) is 0 Å². The fourth-order valence-corrected chi connectivity index (χ4v) is 2.60. The second-order valence-electron chi connectivity index (χ2n) is 5.75. The molecule has 0 unspecified atom stereocenters. The highest BCUT2D eigenvalue weighted by Crippen LogP contribution is 2.30. The summed E-state index contributed by atoms with van der Waals surface area (Å²) in [5.74, 6) is 0. The molecule has 0 amide bonds. The van der Waals surface area contributed by atoms with Crippen molar-refractivity contribution in [2.24, 2.45) is 0 Å². The van der Waals surface area contributed by atoms with Crippen molar-refractivity contribution < 1.29 is 0 Å². The molecule has 3 heterocycles. The van der Waals surface area contributed by atoms with Crippen LogP contribution in [0.2, 0.25) is 0 Å². The Morgan fingerprint density at radius 1 is 1.23 bits per heavy atom. The van der Waals surface area contributed by atoms with Crippen molar-refractivity contribution in [3.8, 4) is 0 Å². The lowest BCUT2D eigenvalue weighted by molar-refractivity contribution is 0.486. The minimum absolute atomic E-state index is 0.340. The predicted octanol–water partition coefficient (Wildman–Crippen LogP) is 0.112. The number of nitrogens with one attached hydrogen (secondary N) is 2. The van der Waals surface area contributed by atoms with Crippen LogP contribution in [0.1, 0.15) is 16.8 Å². The van der Waals surface area contributed by atoms with Gasteiger partial charge in [0.1, 0.15) is 0 Å². The van der Waals surface area contributed by atoms with Crippen LogP contribution in [0.15, 0.2) is 30.7 Å². The van der Waals surface area contributed by atoms with Gasteiger partial charge in [0.05, 0.1) is 43.3 Å². The average Bonchev–Trinajstić information content (AvgIpc) is 2.40. The normalized spacial score (nSPS) is 18.4. The Morgan fingerprint density at radius 2 is 2.00 bits per heavy atom. The van der Waals surface area contributed by atoms with Crippen LogP contribution in [0.4, 0.5) is 11.4 Å². The number of aryl methyl sites for hydroxylation is 1. The van der Waals surface area contributed by atoms with Crippen molar-refractivity contribution in [2.45, 2.75) is 24.0 Å². The monoisotopic (exact) mass is 280 g/mol. The van der Waals surface area contributed by atoms with E-state index in [1.165, 1.54) is 0 Å². The van der Waals surface area contributed by atoms with Gasteiger partial charge in [0.2, 0.25) is 0 Å². The standard InChI is InChI=1S/C14H12B4N4/c1-8-6-19-3-2-11(8)21-9-4-10-12(20-7-9)5-13(15,16)22-14(10,17)18/h2-4,6-7,22H,5H2,1H3,(H,19,21). The molecular formula is C14H12B4N4. The van der Waals surface area contributed by atoms with Crippen molar-refractivity contribution in [1.29, 1.82) is 0 Å². The van der Waals surface area contributed by atoms with E-state index < -0.39 is 10.7 Å². The Labute approximate surface area is 135 Å². The molecule has 22 heavy (non-hydrogen) atoms. The summed E-state index contributed by atoms with van der Waals surface area (Å²) in [6.45, 7) is 1.97. The minimum atomic E-state index is -1.34. The minimum Gasteiger partial charge on any atom is -0.354 e. The van der Waals surface area contributed by atoms with Gasteiger partial charge in [0.25, 0.3) is 0 Å². The van der Waals surface area contributed by atoms with E-state index in [1.54, 1.807) is 18.6 Å². The van der Waals surface area contributed by atoms with Gasteiger partial charge in [0.15, 0.2) is 0 Å². The maximum Gasteiger partial charge on any atom is 0.0884 e. The van der Waals surface area contributed by atoms with Crippen molar-refractivity contribution >= 4 is 42.8 Å². The first-order valence-electron chi connectivity index (χ1n) is 6.89. The van der Waals surface area contributed by atoms with Gasteiger partial charge in [0, 0.05) is 23.8 Å². The Bertz CT molecular complexity index is 718. The fourth-order valence-electron chi connectivity index (χ4n) is 2.60. The summed E-state index contributed by atoms with van der Waals surface area (Å²) in [5.41, 5.74) is 4.08. The molecule has 0 saturated carbocycles. The van der Waals surface area contributed by atoms with Crippen molar-refractivity contribution in [3.63, 3.8) is 0 Å². The van der Waals surface area contributed by atoms with Gasteiger partial charge in [-0.05, 0) is 41.9 Å². The number of aromatic nitrogens is 2. The lowest BCUT2D eigenvalue weighted by Gasteiger charge is -2.45. The molecule has 4 nitrogen and oxygen atoms in total. The summed E-state index contributed by atoms with van der Waals surface area (Å²) in [4.78, 5) is 8.46. The van der Waals surface area contributed by atoms with E-state index in [9.17, 15) is 0 Å². The Morgan fingerprint density at radius 3 is 2.73 bits per heavy atom. The smallest absolute Gasteiger partial charge is 0.0884 e. The molecule has 2 N–H and O–H groups in total. The second kappa shape index (κ2) is 5.20. The average molecular weight is 280 g/mol. The molecule has 2 aromatic heterocycles. The first kappa shape index (κ1) is 15.2. The highest BCUT2D eigenvalue weighted by molar-refractivity contribution is 6.44. The quantitative estimate of drug-likeness (QED) is 0.767. The number of nitrogens with zero attached hydrogens (tertiary/aromatic N) is 2. The van der Waals surface area contributed by atoms with Crippen molar-refractivity contribution in [1.82, 2.24) is 15.3 Å². The van der Waals surface area contributed by atoms with Crippen LogP contribution in [0.3, 0.4) is 0 Å². The third-order valence-corrected chi connectivity index (χ3v) is 3.61. The summed E-state index contributed by atoms with van der Waals surface area (Å²) < 4.78 is 0. The SMILES string of the molecule is [B]C1([B])Cc2ncc(Nc3ccncc3C)cc2C([B])([B])N1. The van der Waals surface area contributed by atoms with E-state index in [2.05, 4.69) is 20.6 Å². The van der Waals surface area contributed by atoms with Gasteiger partial charge in [-0.3, -0.25) is 9.97 Å². The summed E-state index contributed by atoms with van der Waals surface area (Å²) >= 11 is 0. The van der Waals surface area contributed by atoms with Gasteiger partial charge in [-0.2, -0.15) is 0 Å². The Kier molecular flexibility index (Phi) is 3.60. The molecule has 3 rings (SSSR count). The number of anilines is 2. The zero-order valence-corrected chi connectivity index (χ0v) is 12.3. The van der Waals surface area contributed by atoms with E-state index in [4.69, 9.17) is 31.4 Å². The Balaban J connectivity index is 1.96. The summed E-state index contributed by atoms with van der Waals surface area (Å²) in [6, 6.07) is 3.74. The van der Waals surface area contributed by atoms with E-state index >= 15 is 0 Å². The zero-order valence-electron chi connectivity index (χ0n) is 12.3. The molecule has 8 radical (unpaired) electrons. The lowest BCUT2D eigenvalue weighted by atomic mass is 9.48. The molecule has 100 valence electrons. The first-order chi connectivity index (χ1) is 10.3. The molecular weight excluding hydrogens is 267 g/mol. The molecule has 0 saturated heterocycles. The fraction of sp³-hybridized carbons (Fsp3) is 0.286.